The van der Waals surface area contributed by atoms with Crippen LogP contribution in [0, 0.1) is 0 Å². The van der Waals surface area contributed by atoms with Crippen molar-refractivity contribution in [3.8, 4) is 5.75 Å². The number of rotatable bonds is 1. The van der Waals surface area contributed by atoms with Crippen molar-refractivity contribution in [3.63, 3.8) is 0 Å². The standard InChI is InChI=1S/C11H14FNO/c12-9-4-6-13(7-5-9)10-2-1-3-11(14)8-10/h1-3,8-9,14H,4-7H2. The van der Waals surface area contributed by atoms with Crippen molar-refractivity contribution < 1.29 is 9.50 Å². The molecule has 1 aliphatic heterocycles. The van der Waals surface area contributed by atoms with E-state index in [1.807, 2.05) is 12.1 Å². The van der Waals surface area contributed by atoms with Crippen molar-refractivity contribution in [3.05, 3.63) is 24.3 Å². The summed E-state index contributed by atoms with van der Waals surface area (Å²) >= 11 is 0. The van der Waals surface area contributed by atoms with Crippen molar-refractivity contribution in [2.24, 2.45) is 0 Å². The Kier molecular flexibility index (Phi) is 2.57. The molecule has 0 unspecified atom stereocenters. The Morgan fingerprint density at radius 1 is 1.29 bits per heavy atom. The predicted octanol–water partition coefficient (Wildman–Crippen LogP) is 2.33. The fourth-order valence-electron chi connectivity index (χ4n) is 1.80. The number of aromatic hydroxyl groups is 1. The molecular weight excluding hydrogens is 181 g/mol. The third-order valence-corrected chi connectivity index (χ3v) is 2.62. The topological polar surface area (TPSA) is 23.5 Å². The summed E-state index contributed by atoms with van der Waals surface area (Å²) in [6, 6.07) is 7.12. The smallest absolute Gasteiger partial charge is 0.117 e. The van der Waals surface area contributed by atoms with Crippen LogP contribution in [0.15, 0.2) is 24.3 Å². The van der Waals surface area contributed by atoms with Crippen molar-refractivity contribution in [1.82, 2.24) is 0 Å². The zero-order chi connectivity index (χ0) is 9.97. The number of phenolic OH excluding ortho intramolecular Hbond substituents is 1. The van der Waals surface area contributed by atoms with Gasteiger partial charge >= 0.3 is 0 Å². The molecule has 1 aromatic carbocycles. The highest BCUT2D eigenvalue weighted by molar-refractivity contribution is 5.50. The second kappa shape index (κ2) is 3.86. The highest BCUT2D eigenvalue weighted by atomic mass is 19.1. The van der Waals surface area contributed by atoms with E-state index in [0.29, 0.717) is 12.8 Å². The predicted molar refractivity (Wildman–Crippen MR) is 54.4 cm³/mol. The molecule has 0 spiro atoms. The van der Waals surface area contributed by atoms with Gasteiger partial charge in [0.1, 0.15) is 11.9 Å². The summed E-state index contributed by atoms with van der Waals surface area (Å²) in [4.78, 5) is 2.11. The molecule has 1 heterocycles. The fraction of sp³-hybridized carbons (Fsp3) is 0.455. The summed E-state index contributed by atoms with van der Waals surface area (Å²) in [7, 11) is 0. The van der Waals surface area contributed by atoms with Crippen LogP contribution in [0.5, 0.6) is 5.75 Å². The second-order valence-corrected chi connectivity index (χ2v) is 3.68. The summed E-state index contributed by atoms with van der Waals surface area (Å²) in [5.74, 6) is 0.268. The molecular formula is C11H14FNO. The van der Waals surface area contributed by atoms with Gasteiger partial charge in [-0.05, 0) is 25.0 Å². The Bertz CT molecular complexity index is 308. The third-order valence-electron chi connectivity index (χ3n) is 2.62. The van der Waals surface area contributed by atoms with Gasteiger partial charge in [-0.15, -0.1) is 0 Å². The van der Waals surface area contributed by atoms with E-state index in [0.717, 1.165) is 18.8 Å². The molecule has 0 radical (unpaired) electrons. The van der Waals surface area contributed by atoms with Crippen molar-refractivity contribution >= 4 is 5.69 Å². The van der Waals surface area contributed by atoms with Crippen LogP contribution in [-0.2, 0) is 0 Å². The Morgan fingerprint density at radius 2 is 2.00 bits per heavy atom. The number of piperidine rings is 1. The van der Waals surface area contributed by atoms with Crippen molar-refractivity contribution in [2.75, 3.05) is 18.0 Å². The van der Waals surface area contributed by atoms with E-state index in [1.54, 1.807) is 12.1 Å². The molecule has 14 heavy (non-hydrogen) atoms. The van der Waals surface area contributed by atoms with Crippen molar-refractivity contribution in [1.29, 1.82) is 0 Å². The molecule has 3 heteroatoms. The van der Waals surface area contributed by atoms with Crippen LogP contribution in [-0.4, -0.2) is 24.4 Å². The van der Waals surface area contributed by atoms with Crippen LogP contribution < -0.4 is 4.90 Å². The zero-order valence-electron chi connectivity index (χ0n) is 7.99. The number of alkyl halides is 1. The van der Waals surface area contributed by atoms with Crippen molar-refractivity contribution in [2.45, 2.75) is 19.0 Å². The summed E-state index contributed by atoms with van der Waals surface area (Å²) in [6.07, 6.45) is 0.536. The number of phenols is 1. The quantitative estimate of drug-likeness (QED) is 0.743. The lowest BCUT2D eigenvalue weighted by Gasteiger charge is -2.30. The molecule has 2 rings (SSSR count). The van der Waals surface area contributed by atoms with Gasteiger partial charge in [0.15, 0.2) is 0 Å². The molecule has 0 aromatic heterocycles. The first-order chi connectivity index (χ1) is 6.75. The van der Waals surface area contributed by atoms with Gasteiger partial charge in [-0.3, -0.25) is 0 Å². The first-order valence-electron chi connectivity index (χ1n) is 4.94. The van der Waals surface area contributed by atoms with Crippen LogP contribution in [0.25, 0.3) is 0 Å². The van der Waals surface area contributed by atoms with Gasteiger partial charge in [-0.25, -0.2) is 4.39 Å². The average molecular weight is 195 g/mol. The summed E-state index contributed by atoms with van der Waals surface area (Å²) in [5.41, 5.74) is 0.983. The minimum atomic E-state index is -0.649. The van der Waals surface area contributed by atoms with E-state index >= 15 is 0 Å². The van der Waals surface area contributed by atoms with Crippen LogP contribution >= 0.6 is 0 Å². The zero-order valence-corrected chi connectivity index (χ0v) is 7.99. The second-order valence-electron chi connectivity index (χ2n) is 3.68. The number of halogens is 1. The molecule has 1 fully saturated rings. The summed E-state index contributed by atoms with van der Waals surface area (Å²) < 4.78 is 12.9. The molecule has 0 saturated carbocycles. The molecule has 1 aromatic rings. The minimum absolute atomic E-state index is 0.268. The number of hydrogen-bond acceptors (Lipinski definition) is 2. The van der Waals surface area contributed by atoms with E-state index in [9.17, 15) is 9.50 Å². The normalized spacial score (nSPS) is 18.5. The first-order valence-corrected chi connectivity index (χ1v) is 4.94. The maximum Gasteiger partial charge on any atom is 0.117 e. The number of hydrogen-bond donors (Lipinski definition) is 1. The molecule has 2 nitrogen and oxygen atoms in total. The van der Waals surface area contributed by atoms with Gasteiger partial charge in [0, 0.05) is 24.8 Å². The first kappa shape index (κ1) is 9.31. The van der Waals surface area contributed by atoms with Gasteiger partial charge in [-0.1, -0.05) is 6.07 Å². The monoisotopic (exact) mass is 195 g/mol. The van der Waals surface area contributed by atoms with E-state index in [4.69, 9.17) is 0 Å². The van der Waals surface area contributed by atoms with E-state index in [2.05, 4.69) is 4.90 Å². The molecule has 76 valence electrons. The maximum absolute atomic E-state index is 12.9. The largest absolute Gasteiger partial charge is 0.508 e. The number of benzene rings is 1. The lowest BCUT2D eigenvalue weighted by molar-refractivity contribution is 0.277. The van der Waals surface area contributed by atoms with Gasteiger partial charge < -0.3 is 10.0 Å². The summed E-state index contributed by atoms with van der Waals surface area (Å²) in [6.45, 7) is 1.48. The van der Waals surface area contributed by atoms with E-state index in [1.165, 1.54) is 0 Å². The third kappa shape index (κ3) is 1.97. The minimum Gasteiger partial charge on any atom is -0.508 e. The lowest BCUT2D eigenvalue weighted by Crippen LogP contribution is -2.34. The summed E-state index contributed by atoms with van der Waals surface area (Å²) in [5, 5.41) is 9.29. The van der Waals surface area contributed by atoms with Gasteiger partial charge in [-0.2, -0.15) is 0 Å². The molecule has 1 saturated heterocycles. The highest BCUT2D eigenvalue weighted by Crippen LogP contribution is 2.24. The Morgan fingerprint density at radius 3 is 2.64 bits per heavy atom. The van der Waals surface area contributed by atoms with E-state index < -0.39 is 6.17 Å². The molecule has 0 atom stereocenters. The Hall–Kier alpha value is -1.25. The van der Waals surface area contributed by atoms with Crippen LogP contribution in [0.4, 0.5) is 10.1 Å². The van der Waals surface area contributed by atoms with E-state index in [-0.39, 0.29) is 5.75 Å². The molecule has 0 bridgehead atoms. The Balaban J connectivity index is 2.08. The van der Waals surface area contributed by atoms with Crippen LogP contribution in [0.2, 0.25) is 0 Å². The maximum atomic E-state index is 12.9. The molecule has 0 aliphatic carbocycles. The van der Waals surface area contributed by atoms with Gasteiger partial charge in [0.25, 0.3) is 0 Å². The average Bonchev–Trinajstić information content (AvgIpc) is 2.19. The van der Waals surface area contributed by atoms with Gasteiger partial charge in [0.2, 0.25) is 0 Å². The lowest BCUT2D eigenvalue weighted by atomic mass is 10.1. The van der Waals surface area contributed by atoms with Crippen LogP contribution in [0.1, 0.15) is 12.8 Å². The number of anilines is 1. The number of nitrogens with zero attached hydrogens (tertiary/aromatic N) is 1. The Labute approximate surface area is 83.0 Å². The molecule has 1 N–H and O–H groups in total. The fourth-order valence-corrected chi connectivity index (χ4v) is 1.80. The van der Waals surface area contributed by atoms with Gasteiger partial charge in [0.05, 0.1) is 0 Å². The SMILES string of the molecule is Oc1cccc(N2CCC(F)CC2)c1. The highest BCUT2D eigenvalue weighted by Gasteiger charge is 2.18. The molecule has 1 aliphatic rings. The molecule has 0 amide bonds. The van der Waals surface area contributed by atoms with Crippen LogP contribution in [0.3, 0.4) is 0 Å².